The number of aromatic nitrogens is 1. The standard InChI is InChI=1S/C24H27N3O5/c1-30-21-13-18-20(14-22(21)31-12-6-11-27-9-4-5-10-27)26-19-8-3-2-7-17(19)24(18)25-15-23(29)32-16-28/h2-3,7-8,13-14,16H,4-6,9-12,15H2,1H3,(H,25,26). The summed E-state index contributed by atoms with van der Waals surface area (Å²) in [6.07, 6.45) is 3.50. The molecule has 1 aromatic heterocycles. The fourth-order valence-electron chi connectivity index (χ4n) is 4.09. The normalized spacial score (nSPS) is 13.9. The molecule has 1 aliphatic rings. The molecule has 1 saturated heterocycles. The van der Waals surface area contributed by atoms with E-state index >= 15 is 0 Å². The molecule has 0 atom stereocenters. The van der Waals surface area contributed by atoms with Crippen LogP contribution >= 0.6 is 0 Å². The van der Waals surface area contributed by atoms with Crippen molar-refractivity contribution >= 4 is 39.9 Å². The van der Waals surface area contributed by atoms with E-state index in [1.165, 1.54) is 25.9 Å². The average Bonchev–Trinajstić information content (AvgIpc) is 3.33. The van der Waals surface area contributed by atoms with Gasteiger partial charge in [-0.15, -0.1) is 0 Å². The lowest BCUT2D eigenvalue weighted by Crippen LogP contribution is -2.21. The molecular weight excluding hydrogens is 410 g/mol. The van der Waals surface area contributed by atoms with E-state index in [0.29, 0.717) is 29.3 Å². The van der Waals surface area contributed by atoms with E-state index in [4.69, 9.17) is 14.5 Å². The van der Waals surface area contributed by atoms with Crippen molar-refractivity contribution in [2.24, 2.45) is 0 Å². The fourth-order valence-corrected chi connectivity index (χ4v) is 4.09. The zero-order valence-corrected chi connectivity index (χ0v) is 18.1. The van der Waals surface area contributed by atoms with Crippen LogP contribution in [0.2, 0.25) is 0 Å². The lowest BCUT2D eigenvalue weighted by molar-refractivity contribution is -0.149. The Labute approximate surface area is 186 Å². The minimum Gasteiger partial charge on any atom is -0.493 e. The Kier molecular flexibility index (Phi) is 7.01. The third-order valence-corrected chi connectivity index (χ3v) is 5.63. The second-order valence-electron chi connectivity index (χ2n) is 7.71. The molecular formula is C24H27N3O5. The van der Waals surface area contributed by atoms with Gasteiger partial charge in [0.2, 0.25) is 0 Å². The number of hydrogen-bond donors (Lipinski definition) is 1. The Morgan fingerprint density at radius 2 is 1.94 bits per heavy atom. The molecule has 8 heteroatoms. The minimum atomic E-state index is -0.668. The number of carbonyl (C=O) groups excluding carboxylic acids is 2. The number of anilines is 1. The van der Waals surface area contributed by atoms with Crippen molar-refractivity contribution in [3.8, 4) is 11.5 Å². The molecule has 0 saturated carbocycles. The smallest absolute Gasteiger partial charge is 0.332 e. The van der Waals surface area contributed by atoms with Gasteiger partial charge in [-0.2, -0.15) is 0 Å². The first-order valence-electron chi connectivity index (χ1n) is 10.8. The van der Waals surface area contributed by atoms with Crippen molar-refractivity contribution in [2.75, 3.05) is 45.2 Å². The number of esters is 1. The highest BCUT2D eigenvalue weighted by Gasteiger charge is 2.16. The topological polar surface area (TPSA) is 90.0 Å². The number of pyridine rings is 1. The summed E-state index contributed by atoms with van der Waals surface area (Å²) in [6.45, 7) is 3.94. The number of rotatable bonds is 10. The highest BCUT2D eigenvalue weighted by atomic mass is 16.6. The lowest BCUT2D eigenvalue weighted by Gasteiger charge is -2.17. The Balaban J connectivity index is 1.62. The first-order chi connectivity index (χ1) is 15.7. The molecule has 0 bridgehead atoms. The summed E-state index contributed by atoms with van der Waals surface area (Å²) in [5.41, 5.74) is 2.20. The zero-order chi connectivity index (χ0) is 22.3. The lowest BCUT2D eigenvalue weighted by atomic mass is 10.1. The van der Waals surface area contributed by atoms with Gasteiger partial charge in [0.15, 0.2) is 11.5 Å². The first-order valence-corrected chi connectivity index (χ1v) is 10.8. The summed E-state index contributed by atoms with van der Waals surface area (Å²) in [7, 11) is 1.60. The van der Waals surface area contributed by atoms with Gasteiger partial charge in [-0.3, -0.25) is 4.79 Å². The maximum atomic E-state index is 11.7. The molecule has 0 radical (unpaired) electrons. The van der Waals surface area contributed by atoms with E-state index < -0.39 is 5.97 Å². The largest absolute Gasteiger partial charge is 0.493 e. The molecule has 4 rings (SSSR count). The van der Waals surface area contributed by atoms with Crippen molar-refractivity contribution in [3.05, 3.63) is 36.4 Å². The molecule has 1 aliphatic heterocycles. The molecule has 0 spiro atoms. The van der Waals surface area contributed by atoms with Crippen molar-refractivity contribution in [3.63, 3.8) is 0 Å². The molecule has 32 heavy (non-hydrogen) atoms. The van der Waals surface area contributed by atoms with Crippen LogP contribution in [0.1, 0.15) is 19.3 Å². The number of fused-ring (bicyclic) bond motifs is 2. The van der Waals surface area contributed by atoms with Gasteiger partial charge in [0.1, 0.15) is 6.54 Å². The molecule has 2 aromatic carbocycles. The zero-order valence-electron chi connectivity index (χ0n) is 18.1. The fraction of sp³-hybridized carbons (Fsp3) is 0.375. The second kappa shape index (κ2) is 10.3. The Hall–Kier alpha value is -3.39. The second-order valence-corrected chi connectivity index (χ2v) is 7.71. The van der Waals surface area contributed by atoms with Crippen LogP contribution in [0.3, 0.4) is 0 Å². The van der Waals surface area contributed by atoms with Gasteiger partial charge in [-0.1, -0.05) is 18.2 Å². The number of para-hydroxylation sites is 1. The van der Waals surface area contributed by atoms with Crippen LogP contribution < -0.4 is 14.8 Å². The third kappa shape index (κ3) is 4.91. The van der Waals surface area contributed by atoms with Crippen molar-refractivity contribution in [1.29, 1.82) is 0 Å². The number of likely N-dealkylation sites (tertiary alicyclic amines) is 1. The molecule has 0 aliphatic carbocycles. The average molecular weight is 437 g/mol. The number of benzene rings is 2. The number of nitrogens with one attached hydrogen (secondary N) is 1. The molecule has 168 valence electrons. The van der Waals surface area contributed by atoms with E-state index in [1.807, 2.05) is 36.4 Å². The number of carbonyl (C=O) groups is 2. The summed E-state index contributed by atoms with van der Waals surface area (Å²) in [4.78, 5) is 29.4. The molecule has 1 N–H and O–H groups in total. The van der Waals surface area contributed by atoms with E-state index in [2.05, 4.69) is 15.0 Å². The van der Waals surface area contributed by atoms with Crippen LogP contribution in [0.25, 0.3) is 21.8 Å². The molecule has 2 heterocycles. The van der Waals surface area contributed by atoms with Crippen LogP contribution in [0.4, 0.5) is 5.69 Å². The van der Waals surface area contributed by atoms with Gasteiger partial charge in [0, 0.05) is 23.4 Å². The van der Waals surface area contributed by atoms with Gasteiger partial charge in [0.05, 0.1) is 30.4 Å². The van der Waals surface area contributed by atoms with Crippen molar-refractivity contribution in [1.82, 2.24) is 9.88 Å². The van der Waals surface area contributed by atoms with Crippen LogP contribution in [-0.4, -0.2) is 62.2 Å². The predicted octanol–water partition coefficient (Wildman–Crippen LogP) is 3.37. The van der Waals surface area contributed by atoms with E-state index in [9.17, 15) is 9.59 Å². The highest BCUT2D eigenvalue weighted by Crippen LogP contribution is 2.38. The Bertz CT molecular complexity index is 1110. The summed E-state index contributed by atoms with van der Waals surface area (Å²) < 4.78 is 16.0. The maximum Gasteiger partial charge on any atom is 0.332 e. The van der Waals surface area contributed by atoms with E-state index in [0.717, 1.165) is 29.3 Å². The van der Waals surface area contributed by atoms with Gasteiger partial charge >= 0.3 is 12.4 Å². The van der Waals surface area contributed by atoms with E-state index in [1.54, 1.807) is 7.11 Å². The molecule has 3 aromatic rings. The summed E-state index contributed by atoms with van der Waals surface area (Å²) in [5, 5.41) is 4.72. The summed E-state index contributed by atoms with van der Waals surface area (Å²) in [6, 6.07) is 11.4. The summed E-state index contributed by atoms with van der Waals surface area (Å²) in [5.74, 6) is 0.559. The minimum absolute atomic E-state index is 0.128. The van der Waals surface area contributed by atoms with Gasteiger partial charge in [-0.05, 0) is 44.5 Å². The number of methoxy groups -OCH3 is 1. The Morgan fingerprint density at radius 3 is 2.72 bits per heavy atom. The van der Waals surface area contributed by atoms with Gasteiger partial charge in [-0.25, -0.2) is 9.78 Å². The molecule has 0 unspecified atom stereocenters. The van der Waals surface area contributed by atoms with Crippen LogP contribution in [0.5, 0.6) is 11.5 Å². The molecule has 1 fully saturated rings. The van der Waals surface area contributed by atoms with Crippen molar-refractivity contribution in [2.45, 2.75) is 19.3 Å². The predicted molar refractivity (Wildman–Crippen MR) is 122 cm³/mol. The molecule has 8 nitrogen and oxygen atoms in total. The summed E-state index contributed by atoms with van der Waals surface area (Å²) >= 11 is 0. The maximum absolute atomic E-state index is 11.7. The van der Waals surface area contributed by atoms with E-state index in [-0.39, 0.29) is 13.0 Å². The highest BCUT2D eigenvalue weighted by molar-refractivity contribution is 6.08. The Morgan fingerprint density at radius 1 is 1.12 bits per heavy atom. The van der Waals surface area contributed by atoms with Crippen LogP contribution in [-0.2, 0) is 14.3 Å². The first kappa shape index (κ1) is 21.8. The number of nitrogens with zero attached hydrogens (tertiary/aromatic N) is 2. The number of ether oxygens (including phenoxy) is 3. The van der Waals surface area contributed by atoms with Gasteiger partial charge < -0.3 is 24.4 Å². The van der Waals surface area contributed by atoms with Crippen LogP contribution in [0, 0.1) is 0 Å². The monoisotopic (exact) mass is 437 g/mol. The van der Waals surface area contributed by atoms with Gasteiger partial charge in [0.25, 0.3) is 0 Å². The number of hydrogen-bond acceptors (Lipinski definition) is 8. The van der Waals surface area contributed by atoms with Crippen LogP contribution in [0.15, 0.2) is 36.4 Å². The quantitative estimate of drug-likeness (QED) is 0.170. The third-order valence-electron chi connectivity index (χ3n) is 5.63. The SMILES string of the molecule is COc1cc2c(NCC(=O)OC=O)c3ccccc3nc2cc1OCCCN1CCCC1. The van der Waals surface area contributed by atoms with Crippen molar-refractivity contribution < 1.29 is 23.8 Å². The molecule has 0 amide bonds.